The van der Waals surface area contributed by atoms with Gasteiger partial charge >= 0.3 is 0 Å². The van der Waals surface area contributed by atoms with Crippen molar-refractivity contribution in [1.82, 2.24) is 4.98 Å². The molecule has 0 unspecified atom stereocenters. The fraction of sp³-hybridized carbons (Fsp3) is 0.250. The average molecular weight is 184 g/mol. The Bertz CT molecular complexity index is 250. The Kier molecular flexibility index (Phi) is 5.98. The van der Waals surface area contributed by atoms with Crippen LogP contribution in [0.15, 0.2) is 18.3 Å². The molecule has 0 amide bonds. The molecule has 0 saturated heterocycles. The first-order valence-electron chi connectivity index (χ1n) is 3.36. The molecule has 0 aliphatic carbocycles. The maximum Gasteiger partial charge on any atom is 0.129 e. The first kappa shape index (κ1) is 10.9. The van der Waals surface area contributed by atoms with E-state index < -0.39 is 0 Å². The lowest BCUT2D eigenvalue weighted by Gasteiger charge is -1.92. The third-order valence-electron chi connectivity index (χ3n) is 1.02. The molecule has 1 heterocycles. The molecule has 0 aromatic carbocycles. The lowest BCUT2D eigenvalue weighted by molar-refractivity contribution is 1.05. The minimum atomic E-state index is 0.507. The standard InChI is InChI=1S/C6H7ClN2.C2H3N/c7-6-2-1-5(3-8)4-9-6;1-2-3/h1-2,4H,3,8H2;1H3. The van der Waals surface area contributed by atoms with E-state index in [1.54, 1.807) is 18.3 Å². The molecule has 0 bridgehead atoms. The Morgan fingerprint density at radius 3 is 2.58 bits per heavy atom. The van der Waals surface area contributed by atoms with Crippen molar-refractivity contribution in [2.24, 2.45) is 5.73 Å². The fourth-order valence-electron chi connectivity index (χ4n) is 0.527. The molecule has 2 N–H and O–H groups in total. The van der Waals surface area contributed by atoms with Crippen molar-refractivity contribution in [1.29, 1.82) is 5.26 Å². The summed E-state index contributed by atoms with van der Waals surface area (Å²) in [4.78, 5) is 3.84. The number of nitriles is 1. The summed E-state index contributed by atoms with van der Waals surface area (Å²) in [7, 11) is 0. The molecule has 12 heavy (non-hydrogen) atoms. The van der Waals surface area contributed by atoms with Gasteiger partial charge < -0.3 is 5.73 Å². The fourth-order valence-corrected chi connectivity index (χ4v) is 0.639. The van der Waals surface area contributed by atoms with Crippen LogP contribution in [0.4, 0.5) is 0 Å². The van der Waals surface area contributed by atoms with Crippen molar-refractivity contribution >= 4 is 11.6 Å². The molecule has 1 aromatic heterocycles. The molecule has 0 spiro atoms. The van der Waals surface area contributed by atoms with Gasteiger partial charge in [-0.2, -0.15) is 5.26 Å². The Hall–Kier alpha value is -1.11. The van der Waals surface area contributed by atoms with E-state index in [-0.39, 0.29) is 0 Å². The number of rotatable bonds is 1. The molecule has 1 aromatic rings. The van der Waals surface area contributed by atoms with Crippen LogP contribution in [-0.2, 0) is 6.54 Å². The van der Waals surface area contributed by atoms with Gasteiger partial charge in [0.1, 0.15) is 5.15 Å². The predicted molar refractivity (Wildman–Crippen MR) is 48.4 cm³/mol. The van der Waals surface area contributed by atoms with Crippen LogP contribution in [0.2, 0.25) is 5.15 Å². The van der Waals surface area contributed by atoms with E-state index in [4.69, 9.17) is 22.6 Å². The Labute approximate surface area is 76.8 Å². The van der Waals surface area contributed by atoms with Gasteiger partial charge in [0.25, 0.3) is 0 Å². The van der Waals surface area contributed by atoms with Crippen LogP contribution >= 0.6 is 11.6 Å². The summed E-state index contributed by atoms with van der Waals surface area (Å²) in [5.74, 6) is 0. The number of hydrogen-bond acceptors (Lipinski definition) is 3. The molecule has 4 heteroatoms. The monoisotopic (exact) mass is 183 g/mol. The highest BCUT2D eigenvalue weighted by Gasteiger charge is 1.87. The molecule has 1 rings (SSSR count). The van der Waals surface area contributed by atoms with E-state index in [9.17, 15) is 0 Å². The minimum Gasteiger partial charge on any atom is -0.326 e. The largest absolute Gasteiger partial charge is 0.326 e. The van der Waals surface area contributed by atoms with Gasteiger partial charge in [-0.1, -0.05) is 17.7 Å². The zero-order valence-corrected chi connectivity index (χ0v) is 7.54. The second kappa shape index (κ2) is 6.59. The van der Waals surface area contributed by atoms with Crippen LogP contribution in [0.25, 0.3) is 0 Å². The van der Waals surface area contributed by atoms with E-state index in [1.165, 1.54) is 6.92 Å². The number of aromatic nitrogens is 1. The summed E-state index contributed by atoms with van der Waals surface area (Å²) >= 11 is 5.52. The lowest BCUT2D eigenvalue weighted by Crippen LogP contribution is -1.95. The Morgan fingerprint density at radius 2 is 2.25 bits per heavy atom. The molecule has 0 atom stereocenters. The van der Waals surface area contributed by atoms with Crippen LogP contribution in [0.3, 0.4) is 0 Å². The van der Waals surface area contributed by atoms with Crippen LogP contribution < -0.4 is 5.73 Å². The molecule has 3 nitrogen and oxygen atoms in total. The Morgan fingerprint density at radius 1 is 1.67 bits per heavy atom. The van der Waals surface area contributed by atoms with Gasteiger partial charge in [-0.25, -0.2) is 4.98 Å². The van der Waals surface area contributed by atoms with Gasteiger partial charge in [-0.3, -0.25) is 0 Å². The summed E-state index contributed by atoms with van der Waals surface area (Å²) in [5, 5.41) is 7.83. The predicted octanol–water partition coefficient (Wildman–Crippen LogP) is 1.72. The zero-order chi connectivity index (χ0) is 9.40. The van der Waals surface area contributed by atoms with Crippen LogP contribution in [0.5, 0.6) is 0 Å². The zero-order valence-electron chi connectivity index (χ0n) is 6.79. The molecular weight excluding hydrogens is 174 g/mol. The molecule has 0 saturated carbocycles. The first-order valence-corrected chi connectivity index (χ1v) is 3.73. The van der Waals surface area contributed by atoms with Gasteiger partial charge in [0.05, 0.1) is 6.07 Å². The molecule has 0 radical (unpaired) electrons. The molecule has 0 fully saturated rings. The quantitative estimate of drug-likeness (QED) is 0.675. The van der Waals surface area contributed by atoms with Gasteiger partial charge in [-0.05, 0) is 11.6 Å². The van der Waals surface area contributed by atoms with E-state index in [1.807, 2.05) is 6.07 Å². The second-order valence-electron chi connectivity index (χ2n) is 1.92. The van der Waals surface area contributed by atoms with Crippen LogP contribution in [-0.4, -0.2) is 4.98 Å². The highest BCUT2D eigenvalue weighted by Crippen LogP contribution is 2.03. The minimum absolute atomic E-state index is 0.507. The third-order valence-corrected chi connectivity index (χ3v) is 1.25. The SMILES string of the molecule is CC#N.NCc1ccc(Cl)nc1. The second-order valence-corrected chi connectivity index (χ2v) is 2.30. The molecule has 64 valence electrons. The maximum atomic E-state index is 7.32. The Balaban J connectivity index is 0.000000354. The van der Waals surface area contributed by atoms with Gasteiger partial charge in [0, 0.05) is 19.7 Å². The van der Waals surface area contributed by atoms with Crippen molar-refractivity contribution in [3.05, 3.63) is 29.0 Å². The van der Waals surface area contributed by atoms with Gasteiger partial charge in [0.15, 0.2) is 0 Å². The summed E-state index contributed by atoms with van der Waals surface area (Å²) < 4.78 is 0. The van der Waals surface area contributed by atoms with Crippen molar-refractivity contribution in [3.8, 4) is 6.07 Å². The molecule has 0 aliphatic rings. The van der Waals surface area contributed by atoms with Crippen molar-refractivity contribution in [3.63, 3.8) is 0 Å². The van der Waals surface area contributed by atoms with E-state index in [0.29, 0.717) is 11.7 Å². The highest BCUT2D eigenvalue weighted by atomic mass is 35.5. The normalized spacial score (nSPS) is 7.83. The number of nitrogens with zero attached hydrogens (tertiary/aromatic N) is 2. The number of nitrogens with two attached hydrogens (primary N) is 1. The number of pyridine rings is 1. The van der Waals surface area contributed by atoms with Crippen molar-refractivity contribution in [2.75, 3.05) is 0 Å². The van der Waals surface area contributed by atoms with Crippen molar-refractivity contribution in [2.45, 2.75) is 13.5 Å². The topological polar surface area (TPSA) is 62.7 Å². The number of halogens is 1. The molecule has 0 aliphatic heterocycles. The summed E-state index contributed by atoms with van der Waals surface area (Å²) in [6, 6.07) is 5.33. The third kappa shape index (κ3) is 4.67. The van der Waals surface area contributed by atoms with E-state index >= 15 is 0 Å². The average Bonchev–Trinajstić information content (AvgIpc) is 2.07. The summed E-state index contributed by atoms with van der Waals surface area (Å²) in [5.41, 5.74) is 6.32. The first-order chi connectivity index (χ1) is 5.74. The number of hydrogen-bond donors (Lipinski definition) is 1. The van der Waals surface area contributed by atoms with Crippen molar-refractivity contribution < 1.29 is 0 Å². The highest BCUT2D eigenvalue weighted by molar-refractivity contribution is 6.29. The smallest absolute Gasteiger partial charge is 0.129 e. The van der Waals surface area contributed by atoms with Gasteiger partial charge in [-0.15, -0.1) is 0 Å². The summed E-state index contributed by atoms with van der Waals surface area (Å²) in [6.45, 7) is 1.95. The summed E-state index contributed by atoms with van der Waals surface area (Å²) in [6.07, 6.45) is 1.67. The maximum absolute atomic E-state index is 7.32. The van der Waals surface area contributed by atoms with Gasteiger partial charge in [0.2, 0.25) is 0 Å². The molecular formula is C8H10ClN3. The van der Waals surface area contributed by atoms with E-state index in [2.05, 4.69) is 4.98 Å². The van der Waals surface area contributed by atoms with E-state index in [0.717, 1.165) is 5.56 Å². The lowest BCUT2D eigenvalue weighted by atomic mass is 10.3. The van der Waals surface area contributed by atoms with Crippen LogP contribution in [0.1, 0.15) is 12.5 Å². The van der Waals surface area contributed by atoms with Crippen LogP contribution in [0, 0.1) is 11.3 Å².